The highest BCUT2D eigenvalue weighted by Gasteiger charge is 2.35. The Balaban J connectivity index is 1.30. The molecule has 1 unspecified atom stereocenters. The second-order valence-electron chi connectivity index (χ2n) is 7.39. The number of likely N-dealkylation sites (tertiary alicyclic amines) is 1. The molecule has 3 aliphatic rings. The van der Waals surface area contributed by atoms with Crippen molar-refractivity contribution in [1.29, 1.82) is 0 Å². The molecule has 3 saturated heterocycles. The van der Waals surface area contributed by atoms with E-state index < -0.39 is 0 Å². The normalized spacial score (nSPS) is 25.7. The first-order valence-electron chi connectivity index (χ1n) is 9.59. The van der Waals surface area contributed by atoms with E-state index in [9.17, 15) is 4.79 Å². The third-order valence-corrected chi connectivity index (χ3v) is 5.91. The number of carbonyl (C=O) groups is 1. The highest BCUT2D eigenvalue weighted by molar-refractivity contribution is 6.30. The Morgan fingerprint density at radius 3 is 2.58 bits per heavy atom. The molecule has 7 heteroatoms. The van der Waals surface area contributed by atoms with E-state index >= 15 is 0 Å². The van der Waals surface area contributed by atoms with Crippen LogP contribution in [-0.2, 0) is 14.3 Å². The van der Waals surface area contributed by atoms with Crippen molar-refractivity contribution in [2.24, 2.45) is 11.8 Å². The van der Waals surface area contributed by atoms with Crippen LogP contribution in [0.2, 0.25) is 5.02 Å². The van der Waals surface area contributed by atoms with Crippen LogP contribution in [0.5, 0.6) is 0 Å². The summed E-state index contributed by atoms with van der Waals surface area (Å²) in [6.45, 7) is 4.69. The molecule has 142 valence electrons. The highest BCUT2D eigenvalue weighted by Crippen LogP contribution is 2.29. The Hall–Kier alpha value is -1.37. The Morgan fingerprint density at radius 1 is 1.12 bits per heavy atom. The Bertz CT molecular complexity index is 613. The number of ether oxygens (including phenoxy) is 2. The zero-order valence-corrected chi connectivity index (χ0v) is 15.7. The Labute approximate surface area is 159 Å². The molecule has 0 aliphatic carbocycles. The predicted molar refractivity (Wildman–Crippen MR) is 99.2 cm³/mol. The third kappa shape index (κ3) is 3.97. The lowest BCUT2D eigenvalue weighted by Gasteiger charge is -2.39. The highest BCUT2D eigenvalue weighted by atomic mass is 35.5. The quantitative estimate of drug-likeness (QED) is 0.807. The summed E-state index contributed by atoms with van der Waals surface area (Å²) in [4.78, 5) is 21.7. The van der Waals surface area contributed by atoms with Gasteiger partial charge < -0.3 is 19.3 Å². The van der Waals surface area contributed by atoms with Gasteiger partial charge in [0.05, 0.1) is 18.2 Å². The van der Waals surface area contributed by atoms with Gasteiger partial charge in [0.1, 0.15) is 5.82 Å². The number of halogens is 1. The van der Waals surface area contributed by atoms with Crippen LogP contribution in [0.4, 0.5) is 5.82 Å². The summed E-state index contributed by atoms with van der Waals surface area (Å²) < 4.78 is 11.3. The molecule has 3 fully saturated rings. The molecule has 1 aromatic rings. The summed E-state index contributed by atoms with van der Waals surface area (Å²) in [6, 6.07) is 3.81. The summed E-state index contributed by atoms with van der Waals surface area (Å²) in [5, 5.41) is 0.647. The molecule has 26 heavy (non-hydrogen) atoms. The van der Waals surface area contributed by atoms with E-state index in [4.69, 9.17) is 21.1 Å². The number of rotatable bonds is 3. The first-order chi connectivity index (χ1) is 12.7. The fourth-order valence-corrected chi connectivity index (χ4v) is 4.36. The van der Waals surface area contributed by atoms with E-state index in [0.717, 1.165) is 57.7 Å². The van der Waals surface area contributed by atoms with Crippen molar-refractivity contribution in [3.63, 3.8) is 0 Å². The number of hydrogen-bond donors (Lipinski definition) is 0. The van der Waals surface area contributed by atoms with Crippen molar-refractivity contribution in [1.82, 2.24) is 9.88 Å². The van der Waals surface area contributed by atoms with E-state index in [-0.39, 0.29) is 12.2 Å². The summed E-state index contributed by atoms with van der Waals surface area (Å²) in [5.41, 5.74) is 0. The summed E-state index contributed by atoms with van der Waals surface area (Å²) in [7, 11) is 0. The van der Waals surface area contributed by atoms with Gasteiger partial charge in [0.15, 0.2) is 6.29 Å². The largest absolute Gasteiger partial charge is 0.357 e. The third-order valence-electron chi connectivity index (χ3n) is 5.68. The molecule has 3 aliphatic heterocycles. The molecule has 1 aromatic heterocycles. The topological polar surface area (TPSA) is 54.9 Å². The van der Waals surface area contributed by atoms with Gasteiger partial charge >= 0.3 is 0 Å². The number of aromatic nitrogens is 1. The van der Waals surface area contributed by atoms with Crippen LogP contribution in [0.15, 0.2) is 18.3 Å². The molecule has 0 aromatic carbocycles. The molecule has 0 N–H and O–H groups in total. The minimum Gasteiger partial charge on any atom is -0.357 e. The van der Waals surface area contributed by atoms with Crippen LogP contribution >= 0.6 is 11.6 Å². The van der Waals surface area contributed by atoms with Crippen molar-refractivity contribution in [2.45, 2.75) is 32.0 Å². The summed E-state index contributed by atoms with van der Waals surface area (Å²) in [6.07, 6.45) is 5.42. The molecule has 4 rings (SSSR count). The van der Waals surface area contributed by atoms with E-state index in [2.05, 4.69) is 9.88 Å². The standard InChI is InChI=1S/C19H26ClN3O3/c20-16-3-4-17(21-12-16)22-8-5-14(6-9-22)18(24)23-7-1-2-15(13-23)19-25-10-11-26-19/h3-4,12,14-15,19H,1-2,5-11,13H2. The van der Waals surface area contributed by atoms with Gasteiger partial charge in [0.2, 0.25) is 5.91 Å². The number of piperidine rings is 2. The number of anilines is 1. The van der Waals surface area contributed by atoms with Crippen LogP contribution < -0.4 is 4.90 Å². The van der Waals surface area contributed by atoms with Crippen molar-refractivity contribution < 1.29 is 14.3 Å². The van der Waals surface area contributed by atoms with Gasteiger partial charge in [0, 0.05) is 44.2 Å². The maximum absolute atomic E-state index is 13.0. The van der Waals surface area contributed by atoms with E-state index in [1.165, 1.54) is 0 Å². The maximum Gasteiger partial charge on any atom is 0.225 e. The minimum atomic E-state index is -0.122. The molecular formula is C19H26ClN3O3. The van der Waals surface area contributed by atoms with Crippen LogP contribution in [0.3, 0.4) is 0 Å². The van der Waals surface area contributed by atoms with Crippen molar-refractivity contribution in [3.05, 3.63) is 23.4 Å². The summed E-state index contributed by atoms with van der Waals surface area (Å²) in [5.74, 6) is 1.67. The molecule has 0 saturated carbocycles. The number of carbonyl (C=O) groups excluding carboxylic acids is 1. The minimum absolute atomic E-state index is 0.114. The lowest BCUT2D eigenvalue weighted by atomic mass is 9.92. The molecule has 1 amide bonds. The van der Waals surface area contributed by atoms with Crippen molar-refractivity contribution in [2.75, 3.05) is 44.3 Å². The van der Waals surface area contributed by atoms with Gasteiger partial charge in [-0.2, -0.15) is 0 Å². The smallest absolute Gasteiger partial charge is 0.225 e. The maximum atomic E-state index is 13.0. The second-order valence-corrected chi connectivity index (χ2v) is 7.83. The lowest BCUT2D eigenvalue weighted by molar-refractivity contribution is -0.143. The number of pyridine rings is 1. The van der Waals surface area contributed by atoms with Gasteiger partial charge in [-0.3, -0.25) is 4.79 Å². The lowest BCUT2D eigenvalue weighted by Crippen LogP contribution is -2.48. The van der Waals surface area contributed by atoms with E-state index in [1.54, 1.807) is 6.20 Å². The number of nitrogens with zero attached hydrogens (tertiary/aromatic N) is 3. The predicted octanol–water partition coefficient (Wildman–Crippen LogP) is 2.56. The average molecular weight is 380 g/mol. The number of amides is 1. The first-order valence-corrected chi connectivity index (χ1v) is 9.97. The average Bonchev–Trinajstić information content (AvgIpc) is 3.23. The van der Waals surface area contributed by atoms with Crippen LogP contribution in [0, 0.1) is 11.8 Å². The van der Waals surface area contributed by atoms with Crippen molar-refractivity contribution in [3.8, 4) is 0 Å². The number of hydrogen-bond acceptors (Lipinski definition) is 5. The zero-order chi connectivity index (χ0) is 17.9. The zero-order valence-electron chi connectivity index (χ0n) is 15.0. The fourth-order valence-electron chi connectivity index (χ4n) is 4.25. The fraction of sp³-hybridized carbons (Fsp3) is 0.684. The van der Waals surface area contributed by atoms with Gasteiger partial charge in [-0.1, -0.05) is 11.6 Å². The van der Waals surface area contributed by atoms with E-state index in [1.807, 2.05) is 17.0 Å². The van der Waals surface area contributed by atoms with Gasteiger partial charge in [-0.15, -0.1) is 0 Å². The second kappa shape index (κ2) is 8.11. The summed E-state index contributed by atoms with van der Waals surface area (Å²) >= 11 is 5.91. The van der Waals surface area contributed by atoms with E-state index in [0.29, 0.717) is 30.1 Å². The first kappa shape index (κ1) is 18.0. The van der Waals surface area contributed by atoms with Gasteiger partial charge in [0.25, 0.3) is 0 Å². The molecule has 1 atom stereocenters. The SMILES string of the molecule is O=C(C1CCN(c2ccc(Cl)cn2)CC1)N1CCCC(C2OCCO2)C1. The molecule has 0 spiro atoms. The molecule has 6 nitrogen and oxygen atoms in total. The van der Waals surface area contributed by atoms with Crippen LogP contribution in [0.25, 0.3) is 0 Å². The van der Waals surface area contributed by atoms with Gasteiger partial charge in [-0.05, 0) is 37.8 Å². The van der Waals surface area contributed by atoms with Gasteiger partial charge in [-0.25, -0.2) is 4.98 Å². The molecule has 0 radical (unpaired) electrons. The van der Waals surface area contributed by atoms with Crippen LogP contribution in [-0.4, -0.2) is 61.5 Å². The molecular weight excluding hydrogens is 354 g/mol. The monoisotopic (exact) mass is 379 g/mol. The van der Waals surface area contributed by atoms with Crippen LogP contribution in [0.1, 0.15) is 25.7 Å². The molecule has 4 heterocycles. The Morgan fingerprint density at radius 2 is 1.88 bits per heavy atom. The Kier molecular flexibility index (Phi) is 5.62. The van der Waals surface area contributed by atoms with Crippen molar-refractivity contribution >= 4 is 23.3 Å². The molecule has 0 bridgehead atoms.